The zero-order chi connectivity index (χ0) is 10.8. The molecule has 3 N–H and O–H groups in total. The van der Waals surface area contributed by atoms with Crippen LogP contribution in [-0.4, -0.2) is 5.84 Å². The van der Waals surface area contributed by atoms with Crippen LogP contribution in [0.5, 0.6) is 0 Å². The summed E-state index contributed by atoms with van der Waals surface area (Å²) in [5, 5.41) is 7.33. The Bertz CT molecular complexity index is 459. The molecule has 0 bridgehead atoms. The topological polar surface area (TPSA) is 63.0 Å². The zero-order valence-corrected chi connectivity index (χ0v) is 9.17. The first-order valence-corrected chi connectivity index (χ1v) is 5.47. The van der Waals surface area contributed by atoms with Gasteiger partial charge in [0, 0.05) is 10.8 Å². The van der Waals surface area contributed by atoms with Gasteiger partial charge in [0.1, 0.15) is 11.6 Å². The highest BCUT2D eigenvalue weighted by Gasteiger charge is 2.13. The van der Waals surface area contributed by atoms with Gasteiger partial charge >= 0.3 is 0 Å². The van der Waals surface area contributed by atoms with Crippen LogP contribution in [0.3, 0.4) is 0 Å². The van der Waals surface area contributed by atoms with Crippen molar-refractivity contribution in [3.63, 3.8) is 0 Å². The van der Waals surface area contributed by atoms with E-state index in [9.17, 15) is 0 Å². The van der Waals surface area contributed by atoms with E-state index in [1.807, 2.05) is 24.3 Å². The lowest BCUT2D eigenvalue weighted by atomic mass is 10.1. The van der Waals surface area contributed by atoms with Crippen molar-refractivity contribution >= 4 is 17.2 Å². The Morgan fingerprint density at radius 3 is 2.80 bits per heavy atom. The van der Waals surface area contributed by atoms with Gasteiger partial charge < -0.3 is 10.2 Å². The molecular weight excluding hydrogens is 208 g/mol. The highest BCUT2D eigenvalue weighted by Crippen LogP contribution is 2.29. The van der Waals surface area contributed by atoms with Crippen LogP contribution < -0.4 is 5.73 Å². The van der Waals surface area contributed by atoms with Crippen LogP contribution in [0, 0.1) is 5.41 Å². The maximum atomic E-state index is 7.33. The highest BCUT2D eigenvalue weighted by atomic mass is 32.1. The molecule has 78 valence electrons. The Balaban J connectivity index is 2.26. The van der Waals surface area contributed by atoms with Crippen LogP contribution in [0.4, 0.5) is 0 Å². The number of furan rings is 1. The molecule has 2 aromatic heterocycles. The minimum absolute atomic E-state index is 0.123. The number of nitrogen functional groups attached to an aromatic ring is 1. The summed E-state index contributed by atoms with van der Waals surface area (Å²) in [6, 6.07) is 7.71. The molecular formula is C11H12N2OS. The smallest absolute Gasteiger partial charge is 0.133 e. The van der Waals surface area contributed by atoms with Gasteiger partial charge in [-0.25, -0.2) is 0 Å². The predicted molar refractivity (Wildman–Crippen MR) is 61.6 cm³/mol. The molecule has 2 rings (SSSR count). The van der Waals surface area contributed by atoms with Crippen LogP contribution in [-0.2, 0) is 0 Å². The Kier molecular flexibility index (Phi) is 2.60. The van der Waals surface area contributed by atoms with E-state index in [0.29, 0.717) is 0 Å². The molecule has 0 saturated carbocycles. The van der Waals surface area contributed by atoms with E-state index in [4.69, 9.17) is 15.6 Å². The van der Waals surface area contributed by atoms with Gasteiger partial charge in [-0.05, 0) is 24.3 Å². The Morgan fingerprint density at radius 2 is 2.27 bits per heavy atom. The third-order valence-electron chi connectivity index (χ3n) is 2.29. The van der Waals surface area contributed by atoms with Gasteiger partial charge in [-0.15, -0.1) is 11.3 Å². The minimum atomic E-state index is 0.123. The van der Waals surface area contributed by atoms with Gasteiger partial charge in [-0.1, -0.05) is 6.92 Å². The quantitative estimate of drug-likeness (QED) is 0.617. The summed E-state index contributed by atoms with van der Waals surface area (Å²) < 4.78 is 5.34. The van der Waals surface area contributed by atoms with Crippen molar-refractivity contribution < 1.29 is 4.42 Å². The maximum Gasteiger partial charge on any atom is 0.133 e. The van der Waals surface area contributed by atoms with Crippen LogP contribution in [0.25, 0.3) is 0 Å². The highest BCUT2D eigenvalue weighted by molar-refractivity contribution is 7.14. The molecule has 3 nitrogen and oxygen atoms in total. The van der Waals surface area contributed by atoms with Crippen molar-refractivity contribution in [2.24, 2.45) is 5.73 Å². The fourth-order valence-electron chi connectivity index (χ4n) is 1.41. The van der Waals surface area contributed by atoms with Crippen molar-refractivity contribution in [2.45, 2.75) is 12.8 Å². The molecule has 0 aliphatic heterocycles. The second-order valence-electron chi connectivity index (χ2n) is 3.35. The minimum Gasteiger partial charge on any atom is -0.469 e. The number of thiophene rings is 1. The maximum absolute atomic E-state index is 7.33. The molecule has 0 aromatic carbocycles. The van der Waals surface area contributed by atoms with Gasteiger partial charge in [0.25, 0.3) is 0 Å². The van der Waals surface area contributed by atoms with Crippen LogP contribution >= 0.6 is 11.3 Å². The van der Waals surface area contributed by atoms with Crippen molar-refractivity contribution in [3.05, 3.63) is 46.0 Å². The zero-order valence-electron chi connectivity index (χ0n) is 8.36. The molecule has 1 unspecified atom stereocenters. The van der Waals surface area contributed by atoms with E-state index in [2.05, 4.69) is 6.92 Å². The molecule has 0 radical (unpaired) electrons. The molecule has 0 aliphatic rings. The fraction of sp³-hybridized carbons (Fsp3) is 0.182. The van der Waals surface area contributed by atoms with E-state index in [0.717, 1.165) is 15.5 Å². The molecule has 2 heterocycles. The summed E-state index contributed by atoms with van der Waals surface area (Å²) in [5.41, 5.74) is 5.42. The van der Waals surface area contributed by atoms with Crippen molar-refractivity contribution in [1.29, 1.82) is 5.41 Å². The predicted octanol–water partition coefficient (Wildman–Crippen LogP) is 2.78. The SMILES string of the molecule is CC(c1ccco1)c1ccc(C(=N)N)s1. The number of nitrogens with two attached hydrogens (primary N) is 1. The molecule has 0 amide bonds. The normalized spacial score (nSPS) is 12.6. The average molecular weight is 220 g/mol. The molecule has 15 heavy (non-hydrogen) atoms. The van der Waals surface area contributed by atoms with Crippen LogP contribution in [0.2, 0.25) is 0 Å². The monoisotopic (exact) mass is 220 g/mol. The number of rotatable bonds is 3. The molecule has 0 fully saturated rings. The lowest BCUT2D eigenvalue weighted by molar-refractivity contribution is 0.497. The van der Waals surface area contributed by atoms with Crippen molar-refractivity contribution in [1.82, 2.24) is 0 Å². The Labute approximate surface area is 92.0 Å². The van der Waals surface area contributed by atoms with E-state index >= 15 is 0 Å². The summed E-state index contributed by atoms with van der Waals surface area (Å²) in [6.07, 6.45) is 1.67. The first-order chi connectivity index (χ1) is 7.18. The van der Waals surface area contributed by atoms with Gasteiger partial charge in [0.05, 0.1) is 11.1 Å². The van der Waals surface area contributed by atoms with Crippen molar-refractivity contribution in [2.75, 3.05) is 0 Å². The number of hydrogen-bond donors (Lipinski definition) is 2. The summed E-state index contributed by atoms with van der Waals surface area (Å²) in [5.74, 6) is 1.28. The molecule has 0 saturated heterocycles. The van der Waals surface area contributed by atoms with Crippen molar-refractivity contribution in [3.8, 4) is 0 Å². The first-order valence-electron chi connectivity index (χ1n) is 4.66. The molecule has 2 aromatic rings. The number of amidine groups is 1. The van der Waals surface area contributed by atoms with Gasteiger partial charge in [0.2, 0.25) is 0 Å². The van der Waals surface area contributed by atoms with Gasteiger partial charge in [0.15, 0.2) is 0 Å². The third-order valence-corrected chi connectivity index (χ3v) is 3.59. The summed E-state index contributed by atoms with van der Waals surface area (Å²) in [4.78, 5) is 1.97. The van der Waals surface area contributed by atoms with E-state index in [-0.39, 0.29) is 11.8 Å². The van der Waals surface area contributed by atoms with E-state index in [1.54, 1.807) is 6.26 Å². The average Bonchev–Trinajstić information content (AvgIpc) is 2.88. The molecule has 4 heteroatoms. The summed E-state index contributed by atoms with van der Waals surface area (Å²) in [6.45, 7) is 2.08. The summed E-state index contributed by atoms with van der Waals surface area (Å²) in [7, 11) is 0. The number of nitrogens with one attached hydrogen (secondary N) is 1. The fourth-order valence-corrected chi connectivity index (χ4v) is 2.34. The molecule has 1 atom stereocenters. The van der Waals surface area contributed by atoms with Crippen LogP contribution in [0.15, 0.2) is 34.9 Å². The lowest BCUT2D eigenvalue weighted by Crippen LogP contribution is -2.08. The van der Waals surface area contributed by atoms with E-state index < -0.39 is 0 Å². The molecule has 0 spiro atoms. The van der Waals surface area contributed by atoms with Gasteiger partial charge in [-0.3, -0.25) is 5.41 Å². The second-order valence-corrected chi connectivity index (χ2v) is 4.47. The summed E-state index contributed by atoms with van der Waals surface area (Å²) >= 11 is 1.54. The largest absolute Gasteiger partial charge is 0.469 e. The van der Waals surface area contributed by atoms with Crippen LogP contribution in [0.1, 0.15) is 28.4 Å². The molecule has 0 aliphatic carbocycles. The number of hydrogen-bond acceptors (Lipinski definition) is 3. The van der Waals surface area contributed by atoms with E-state index in [1.165, 1.54) is 11.3 Å². The standard InChI is InChI=1S/C11H12N2OS/c1-7(8-3-2-6-14-8)9-4-5-10(15-9)11(12)13/h2-7H,1H3,(H3,12,13). The second kappa shape index (κ2) is 3.90. The first kappa shape index (κ1) is 9.98. The van der Waals surface area contributed by atoms with Gasteiger partial charge in [-0.2, -0.15) is 0 Å². The lowest BCUT2D eigenvalue weighted by Gasteiger charge is -2.04. The third kappa shape index (κ3) is 1.94. The Hall–Kier alpha value is -1.55. The Morgan fingerprint density at radius 1 is 1.47 bits per heavy atom.